The van der Waals surface area contributed by atoms with Crippen LogP contribution in [0, 0.1) is 19.3 Å². The molecule has 3 atom stereocenters. The number of fused-ring (bicyclic) bond motifs is 2. The lowest BCUT2D eigenvalue weighted by Gasteiger charge is -2.27. The van der Waals surface area contributed by atoms with Gasteiger partial charge in [-0.05, 0) is 79.8 Å². The molecule has 1 saturated heterocycles. The molecule has 1 saturated carbocycles. The molecule has 0 spiro atoms. The van der Waals surface area contributed by atoms with Gasteiger partial charge in [0.25, 0.3) is 0 Å². The first kappa shape index (κ1) is 45.2. The summed E-state index contributed by atoms with van der Waals surface area (Å²) in [6.07, 6.45) is 2.64. The highest BCUT2D eigenvalue weighted by Crippen LogP contribution is 2.62. The standard InChI is InChI=1S/C48H48F3N7O6/c1-6-8-14-35(60)17-18-47-23-39(40(61)22-37-29(3)15-16-41(54-37)48(49,50)51)58(42(47)24-47)43(62)27-57-45-36(44(55-57)30(4)59)20-33(34-25-52-31(5)53-26-34)21-38(45)56(19-7-2)46(63)64-28-32-12-10-9-11-13-32/h6-7,9-13,15-16,20-21,25-26,39,42H,1-2,8,14,17-19,22-24,27-28H2,3-5H3/t39-,42+,47-/m0/s1. The number of piperidine rings is 1. The van der Waals surface area contributed by atoms with E-state index in [1.165, 1.54) is 33.5 Å². The average molecular weight is 876 g/mol. The van der Waals surface area contributed by atoms with Gasteiger partial charge in [-0.3, -0.25) is 28.8 Å². The number of allylic oxidation sites excluding steroid dienone is 1. The second kappa shape index (κ2) is 18.5. The predicted molar refractivity (Wildman–Crippen MR) is 232 cm³/mol. The molecule has 3 aromatic heterocycles. The number of nitrogens with zero attached hydrogens (tertiary/aromatic N) is 7. The maximum Gasteiger partial charge on any atom is 0.433 e. The fourth-order valence-corrected chi connectivity index (χ4v) is 8.59. The van der Waals surface area contributed by atoms with E-state index in [9.17, 15) is 37.1 Å². The Morgan fingerprint density at radius 1 is 0.953 bits per heavy atom. The molecule has 1 aliphatic heterocycles. The normalized spacial score (nSPS) is 17.8. The van der Waals surface area contributed by atoms with Crippen molar-refractivity contribution >= 4 is 45.9 Å². The molecule has 2 amide bonds. The summed E-state index contributed by atoms with van der Waals surface area (Å²) in [7, 11) is 0. The first-order valence-electron chi connectivity index (χ1n) is 21.0. The van der Waals surface area contributed by atoms with E-state index in [1.54, 1.807) is 44.4 Å². The van der Waals surface area contributed by atoms with Gasteiger partial charge in [-0.15, -0.1) is 13.2 Å². The Balaban J connectivity index is 1.29. The molecule has 0 unspecified atom stereocenters. The number of hydrogen-bond donors (Lipinski definition) is 0. The van der Waals surface area contributed by atoms with Crippen LogP contribution in [0.1, 0.15) is 84.3 Å². The summed E-state index contributed by atoms with van der Waals surface area (Å²) in [5, 5.41) is 4.98. The van der Waals surface area contributed by atoms with Crippen LogP contribution in [0.25, 0.3) is 22.0 Å². The third kappa shape index (κ3) is 9.55. The van der Waals surface area contributed by atoms with Gasteiger partial charge < -0.3 is 9.64 Å². The molecule has 4 heterocycles. The van der Waals surface area contributed by atoms with Crippen LogP contribution in [0.5, 0.6) is 0 Å². The van der Waals surface area contributed by atoms with Crippen molar-refractivity contribution in [2.24, 2.45) is 5.41 Å². The van der Waals surface area contributed by atoms with Crippen LogP contribution in [-0.2, 0) is 44.9 Å². The summed E-state index contributed by atoms with van der Waals surface area (Å²) >= 11 is 0. The largest absolute Gasteiger partial charge is 0.444 e. The van der Waals surface area contributed by atoms with Gasteiger partial charge in [-0.2, -0.15) is 18.3 Å². The number of aromatic nitrogens is 5. The number of ketones is 3. The molecule has 5 aromatic rings. The summed E-state index contributed by atoms with van der Waals surface area (Å²) in [6.45, 7) is 11.6. The number of halogens is 3. The Morgan fingerprint density at radius 2 is 1.69 bits per heavy atom. The van der Waals surface area contributed by atoms with Crippen molar-refractivity contribution in [3.8, 4) is 11.1 Å². The van der Waals surface area contributed by atoms with Crippen molar-refractivity contribution in [2.75, 3.05) is 11.4 Å². The van der Waals surface area contributed by atoms with Gasteiger partial charge in [0.15, 0.2) is 11.6 Å². The summed E-state index contributed by atoms with van der Waals surface area (Å²) in [4.78, 5) is 84.7. The van der Waals surface area contributed by atoms with Crippen molar-refractivity contribution in [3.63, 3.8) is 0 Å². The number of alkyl halides is 3. The number of carbonyl (C=O) groups excluding carboxylic acids is 5. The lowest BCUT2D eigenvalue weighted by atomic mass is 9.90. The lowest BCUT2D eigenvalue weighted by molar-refractivity contribution is -0.141. The molecule has 7 rings (SSSR count). The SMILES string of the molecule is C=CCCC(=O)CC[C@@]12C[C@@H](C(=O)Cc3nc(C(F)(F)F)ccc3C)N(C(=O)Cn3nc(C(C)=O)c4cc(-c5cnc(C)nc5)cc(N(CC=C)C(=O)OCc5ccccc5)c43)[C@@H]1C2. The quantitative estimate of drug-likeness (QED) is 0.0617. The zero-order valence-electron chi connectivity index (χ0n) is 35.9. The molecule has 16 heteroatoms. The van der Waals surface area contributed by atoms with Gasteiger partial charge in [0.05, 0.1) is 29.4 Å². The molecule has 13 nitrogen and oxygen atoms in total. The summed E-state index contributed by atoms with van der Waals surface area (Å²) in [5.41, 5.74) is 0.980. The van der Waals surface area contributed by atoms with Crippen LogP contribution in [0.15, 0.2) is 92.3 Å². The Labute approximate surface area is 368 Å². The minimum absolute atomic E-state index is 0.00841. The second-order valence-corrected chi connectivity index (χ2v) is 16.5. The van der Waals surface area contributed by atoms with Crippen molar-refractivity contribution < 1.29 is 41.9 Å². The van der Waals surface area contributed by atoms with Crippen LogP contribution in [0.3, 0.4) is 0 Å². The highest BCUT2D eigenvalue weighted by molar-refractivity contribution is 6.11. The van der Waals surface area contributed by atoms with Crippen LogP contribution in [0.2, 0.25) is 0 Å². The lowest BCUT2D eigenvalue weighted by Crippen LogP contribution is -2.45. The third-order valence-corrected chi connectivity index (χ3v) is 12.0. The Kier molecular flexibility index (Phi) is 13.0. The summed E-state index contributed by atoms with van der Waals surface area (Å²) < 4.78 is 48.2. The maximum atomic E-state index is 14.9. The summed E-state index contributed by atoms with van der Waals surface area (Å²) in [6, 6.07) is 13.1. The van der Waals surface area contributed by atoms with Gasteiger partial charge in [0.1, 0.15) is 36.1 Å². The van der Waals surface area contributed by atoms with Gasteiger partial charge in [0, 0.05) is 55.7 Å². The van der Waals surface area contributed by atoms with E-state index >= 15 is 0 Å². The van der Waals surface area contributed by atoms with Crippen LogP contribution < -0.4 is 4.90 Å². The molecule has 0 N–H and O–H groups in total. The van der Waals surface area contributed by atoms with Crippen molar-refractivity contribution in [2.45, 2.75) is 97.1 Å². The molecular formula is C48H48F3N7O6. The van der Waals surface area contributed by atoms with Gasteiger partial charge in [-0.1, -0.05) is 48.6 Å². The fraction of sp³-hybridized carbons (Fsp3) is 0.354. The molecular weight excluding hydrogens is 828 g/mol. The molecule has 1 aliphatic carbocycles. The second-order valence-electron chi connectivity index (χ2n) is 16.5. The highest BCUT2D eigenvalue weighted by atomic mass is 19.4. The highest BCUT2D eigenvalue weighted by Gasteiger charge is 2.66. The molecule has 332 valence electrons. The number of rotatable bonds is 18. The molecule has 64 heavy (non-hydrogen) atoms. The van der Waals surface area contributed by atoms with E-state index in [2.05, 4.69) is 33.2 Å². The van der Waals surface area contributed by atoms with Crippen molar-refractivity contribution in [3.05, 3.63) is 126 Å². The van der Waals surface area contributed by atoms with Crippen LogP contribution in [-0.4, -0.2) is 77.6 Å². The Morgan fingerprint density at radius 3 is 2.36 bits per heavy atom. The molecule has 2 aromatic carbocycles. The van der Waals surface area contributed by atoms with E-state index in [0.29, 0.717) is 53.6 Å². The van der Waals surface area contributed by atoms with Crippen molar-refractivity contribution in [1.82, 2.24) is 29.6 Å². The number of carbonyl (C=O) groups is 5. The minimum Gasteiger partial charge on any atom is -0.444 e. The number of anilines is 1. The van der Waals surface area contributed by atoms with Crippen LogP contribution >= 0.6 is 0 Å². The Hall–Kier alpha value is -6.84. The predicted octanol–water partition coefficient (Wildman–Crippen LogP) is 8.54. The number of Topliss-reactive ketones (excluding diaryl/α,β-unsaturated/α-hetero) is 3. The van der Waals surface area contributed by atoms with E-state index < -0.39 is 65.9 Å². The van der Waals surface area contributed by atoms with Gasteiger partial charge >= 0.3 is 12.3 Å². The first-order valence-corrected chi connectivity index (χ1v) is 21.0. The molecule has 0 bridgehead atoms. The molecule has 2 aliphatic rings. The van der Waals surface area contributed by atoms with Gasteiger partial charge in [0.2, 0.25) is 5.91 Å². The zero-order valence-corrected chi connectivity index (χ0v) is 35.9. The number of hydrogen-bond acceptors (Lipinski definition) is 10. The van der Waals surface area contributed by atoms with Gasteiger partial charge in [-0.25, -0.2) is 19.7 Å². The molecule has 2 fully saturated rings. The zero-order chi connectivity index (χ0) is 45.9. The topological polar surface area (TPSA) is 158 Å². The maximum absolute atomic E-state index is 14.9. The molecule has 0 radical (unpaired) electrons. The number of benzene rings is 2. The van der Waals surface area contributed by atoms with E-state index in [-0.39, 0.29) is 54.4 Å². The number of likely N-dealkylation sites (tertiary alicyclic amines) is 1. The number of amides is 2. The van der Waals surface area contributed by atoms with E-state index in [4.69, 9.17) is 4.74 Å². The monoisotopic (exact) mass is 875 g/mol. The minimum atomic E-state index is -4.73. The summed E-state index contributed by atoms with van der Waals surface area (Å²) in [5.74, 6) is -0.921. The van der Waals surface area contributed by atoms with E-state index in [1.807, 2.05) is 30.3 Å². The fourth-order valence-electron chi connectivity index (χ4n) is 8.59. The van der Waals surface area contributed by atoms with Crippen molar-refractivity contribution in [1.29, 1.82) is 0 Å². The smallest absolute Gasteiger partial charge is 0.433 e. The third-order valence-electron chi connectivity index (χ3n) is 12.0. The first-order chi connectivity index (χ1) is 30.5. The van der Waals surface area contributed by atoms with E-state index in [0.717, 1.165) is 11.6 Å². The number of aryl methyl sites for hydroxylation is 2. The number of ether oxygens (including phenoxy) is 1. The Bertz CT molecular complexity index is 2650. The average Bonchev–Trinajstić information content (AvgIpc) is 3.68. The van der Waals surface area contributed by atoms with Crippen LogP contribution in [0.4, 0.5) is 23.7 Å². The number of pyridine rings is 1.